The molecule has 0 atom stereocenters. The first kappa shape index (κ1) is 15.0. The molecular formula is C19H21NO. The van der Waals surface area contributed by atoms with Gasteiger partial charge in [0.25, 0.3) is 0 Å². The molecule has 2 rings (SSSR count). The van der Waals surface area contributed by atoms with Crippen molar-refractivity contribution in [3.63, 3.8) is 0 Å². The van der Waals surface area contributed by atoms with Gasteiger partial charge in [-0.1, -0.05) is 74.0 Å². The zero-order valence-corrected chi connectivity index (χ0v) is 12.4. The van der Waals surface area contributed by atoms with Crippen molar-refractivity contribution in [3.8, 4) is 0 Å². The first-order valence-corrected chi connectivity index (χ1v) is 7.41. The van der Waals surface area contributed by atoms with Gasteiger partial charge in [-0.15, -0.1) is 0 Å². The molecule has 0 heterocycles. The molecule has 0 aromatic heterocycles. The Kier molecular flexibility index (Phi) is 5.77. The van der Waals surface area contributed by atoms with Crippen LogP contribution in [0.2, 0.25) is 0 Å². The second-order valence-electron chi connectivity index (χ2n) is 4.93. The van der Waals surface area contributed by atoms with Crippen molar-refractivity contribution < 1.29 is 4.79 Å². The average Bonchev–Trinajstić information content (AvgIpc) is 2.54. The van der Waals surface area contributed by atoms with E-state index in [9.17, 15) is 4.79 Å². The van der Waals surface area contributed by atoms with Crippen molar-refractivity contribution in [2.24, 2.45) is 0 Å². The molecule has 1 amide bonds. The van der Waals surface area contributed by atoms with Gasteiger partial charge in [0, 0.05) is 12.6 Å². The maximum Gasteiger partial charge on any atom is 0.244 e. The zero-order chi connectivity index (χ0) is 14.9. The smallest absolute Gasteiger partial charge is 0.244 e. The highest BCUT2D eigenvalue weighted by atomic mass is 16.1. The van der Waals surface area contributed by atoms with Crippen LogP contribution in [0.1, 0.15) is 30.9 Å². The summed E-state index contributed by atoms with van der Waals surface area (Å²) in [6.45, 7) is 2.84. The van der Waals surface area contributed by atoms with E-state index < -0.39 is 0 Å². The highest BCUT2D eigenvalue weighted by molar-refractivity contribution is 5.99. The molecule has 0 unspecified atom stereocenters. The van der Waals surface area contributed by atoms with E-state index in [0.29, 0.717) is 0 Å². The van der Waals surface area contributed by atoms with Crippen LogP contribution in [0.15, 0.2) is 66.7 Å². The van der Waals surface area contributed by atoms with Gasteiger partial charge in [-0.25, -0.2) is 0 Å². The summed E-state index contributed by atoms with van der Waals surface area (Å²) in [7, 11) is 0. The fourth-order valence-electron chi connectivity index (χ4n) is 2.14. The van der Waals surface area contributed by atoms with E-state index in [1.807, 2.05) is 60.7 Å². The van der Waals surface area contributed by atoms with Crippen LogP contribution < -0.4 is 5.32 Å². The molecule has 1 N–H and O–H groups in total. The second kappa shape index (κ2) is 8.05. The standard InChI is InChI=1S/C19H21NO/c1-2-3-14-20-19(21)15-18(16-10-6-4-7-11-16)17-12-8-5-9-13-17/h4-13,15H,2-3,14H2,1H3,(H,20,21). The highest BCUT2D eigenvalue weighted by Crippen LogP contribution is 2.22. The van der Waals surface area contributed by atoms with E-state index in [1.165, 1.54) is 0 Å². The molecule has 0 spiro atoms. The maximum atomic E-state index is 12.1. The van der Waals surface area contributed by atoms with E-state index >= 15 is 0 Å². The minimum absolute atomic E-state index is 0.0360. The molecule has 0 radical (unpaired) electrons. The molecule has 2 heteroatoms. The Hall–Kier alpha value is -2.35. The van der Waals surface area contributed by atoms with Crippen molar-refractivity contribution in [1.29, 1.82) is 0 Å². The largest absolute Gasteiger partial charge is 0.353 e. The van der Waals surface area contributed by atoms with Crippen LogP contribution in [0, 0.1) is 0 Å². The number of nitrogens with one attached hydrogen (secondary N) is 1. The fraction of sp³-hybridized carbons (Fsp3) is 0.211. The van der Waals surface area contributed by atoms with Crippen LogP contribution >= 0.6 is 0 Å². The first-order chi connectivity index (χ1) is 10.3. The predicted molar refractivity (Wildman–Crippen MR) is 87.9 cm³/mol. The minimum atomic E-state index is -0.0360. The Morgan fingerprint density at radius 3 is 1.95 bits per heavy atom. The molecule has 0 fully saturated rings. The van der Waals surface area contributed by atoms with E-state index in [0.717, 1.165) is 36.1 Å². The number of carbonyl (C=O) groups excluding carboxylic acids is 1. The van der Waals surface area contributed by atoms with Gasteiger partial charge < -0.3 is 5.32 Å². The summed E-state index contributed by atoms with van der Waals surface area (Å²) in [6, 6.07) is 20.0. The molecular weight excluding hydrogens is 258 g/mol. The summed E-state index contributed by atoms with van der Waals surface area (Å²) >= 11 is 0. The van der Waals surface area contributed by atoms with Crippen LogP contribution in [-0.2, 0) is 4.79 Å². The third-order valence-electron chi connectivity index (χ3n) is 3.27. The van der Waals surface area contributed by atoms with Crippen molar-refractivity contribution in [1.82, 2.24) is 5.32 Å². The van der Waals surface area contributed by atoms with Crippen molar-refractivity contribution in [2.75, 3.05) is 6.54 Å². The van der Waals surface area contributed by atoms with Crippen LogP contribution in [0.4, 0.5) is 0 Å². The average molecular weight is 279 g/mol. The molecule has 2 nitrogen and oxygen atoms in total. The Labute approximate surface area is 126 Å². The summed E-state index contributed by atoms with van der Waals surface area (Å²) in [5, 5.41) is 2.94. The molecule has 0 aliphatic rings. The molecule has 0 aliphatic heterocycles. The molecule has 0 bridgehead atoms. The lowest BCUT2D eigenvalue weighted by Gasteiger charge is -2.09. The lowest BCUT2D eigenvalue weighted by molar-refractivity contribution is -0.116. The van der Waals surface area contributed by atoms with Crippen LogP contribution in [0.25, 0.3) is 5.57 Å². The first-order valence-electron chi connectivity index (χ1n) is 7.41. The quantitative estimate of drug-likeness (QED) is 0.627. The highest BCUT2D eigenvalue weighted by Gasteiger charge is 2.07. The number of amides is 1. The van der Waals surface area contributed by atoms with E-state index in [4.69, 9.17) is 0 Å². The lowest BCUT2D eigenvalue weighted by atomic mass is 9.97. The van der Waals surface area contributed by atoms with Gasteiger partial charge in [0.2, 0.25) is 5.91 Å². The monoisotopic (exact) mass is 279 g/mol. The van der Waals surface area contributed by atoms with E-state index in [-0.39, 0.29) is 5.91 Å². The summed E-state index contributed by atoms with van der Waals surface area (Å²) in [5.74, 6) is -0.0360. The molecule has 0 saturated carbocycles. The number of unbranched alkanes of at least 4 members (excludes halogenated alkanes) is 1. The lowest BCUT2D eigenvalue weighted by Crippen LogP contribution is -2.22. The fourth-order valence-corrected chi connectivity index (χ4v) is 2.14. The van der Waals surface area contributed by atoms with Crippen molar-refractivity contribution >= 4 is 11.5 Å². The Balaban J connectivity index is 2.27. The molecule has 0 aliphatic carbocycles. The zero-order valence-electron chi connectivity index (χ0n) is 12.4. The number of hydrogen-bond donors (Lipinski definition) is 1. The number of rotatable bonds is 6. The van der Waals surface area contributed by atoms with E-state index in [2.05, 4.69) is 12.2 Å². The summed E-state index contributed by atoms with van der Waals surface area (Å²) < 4.78 is 0. The SMILES string of the molecule is CCCCNC(=O)C=C(c1ccccc1)c1ccccc1. The second-order valence-corrected chi connectivity index (χ2v) is 4.93. The van der Waals surface area contributed by atoms with Crippen LogP contribution in [0.5, 0.6) is 0 Å². The Morgan fingerprint density at radius 2 is 1.48 bits per heavy atom. The van der Waals surface area contributed by atoms with Gasteiger partial charge in [-0.3, -0.25) is 4.79 Å². The maximum absolute atomic E-state index is 12.1. The minimum Gasteiger partial charge on any atom is -0.353 e. The topological polar surface area (TPSA) is 29.1 Å². The molecule has 21 heavy (non-hydrogen) atoms. The van der Waals surface area contributed by atoms with Gasteiger partial charge in [0.15, 0.2) is 0 Å². The molecule has 2 aromatic rings. The van der Waals surface area contributed by atoms with Gasteiger partial charge in [-0.05, 0) is 23.1 Å². The number of benzene rings is 2. The van der Waals surface area contributed by atoms with Crippen LogP contribution in [-0.4, -0.2) is 12.5 Å². The Morgan fingerprint density at radius 1 is 0.952 bits per heavy atom. The van der Waals surface area contributed by atoms with Crippen molar-refractivity contribution in [3.05, 3.63) is 77.9 Å². The van der Waals surface area contributed by atoms with Crippen LogP contribution in [0.3, 0.4) is 0 Å². The van der Waals surface area contributed by atoms with Crippen molar-refractivity contribution in [2.45, 2.75) is 19.8 Å². The van der Waals surface area contributed by atoms with Gasteiger partial charge >= 0.3 is 0 Å². The van der Waals surface area contributed by atoms with Gasteiger partial charge in [-0.2, -0.15) is 0 Å². The van der Waals surface area contributed by atoms with E-state index in [1.54, 1.807) is 6.08 Å². The third-order valence-corrected chi connectivity index (χ3v) is 3.27. The molecule has 108 valence electrons. The number of hydrogen-bond acceptors (Lipinski definition) is 1. The summed E-state index contributed by atoms with van der Waals surface area (Å²) in [4.78, 5) is 12.1. The summed E-state index contributed by atoms with van der Waals surface area (Å²) in [5.41, 5.74) is 3.05. The predicted octanol–water partition coefficient (Wildman–Crippen LogP) is 4.03. The Bertz CT molecular complexity index is 546. The summed E-state index contributed by atoms with van der Waals surface area (Å²) in [6.07, 6.45) is 3.78. The third kappa shape index (κ3) is 4.60. The number of carbonyl (C=O) groups is 1. The van der Waals surface area contributed by atoms with Gasteiger partial charge in [0.1, 0.15) is 0 Å². The molecule has 0 saturated heterocycles. The van der Waals surface area contributed by atoms with Gasteiger partial charge in [0.05, 0.1) is 0 Å². The molecule has 2 aromatic carbocycles. The normalized spacial score (nSPS) is 9.95.